The van der Waals surface area contributed by atoms with Crippen molar-refractivity contribution >= 4 is 28.2 Å². The molecular formula is C15H15N3O3. The van der Waals surface area contributed by atoms with E-state index in [0.717, 1.165) is 0 Å². The van der Waals surface area contributed by atoms with Crippen molar-refractivity contribution in [2.45, 2.75) is 32.1 Å². The number of carbonyl (C=O) groups excluding carboxylic acids is 2. The number of nitrogens with zero attached hydrogens (tertiary/aromatic N) is 2. The molecule has 1 saturated carbocycles. The molecule has 0 radical (unpaired) electrons. The van der Waals surface area contributed by atoms with Gasteiger partial charge >= 0.3 is 0 Å². The molecule has 1 heterocycles. The van der Waals surface area contributed by atoms with Gasteiger partial charge in [-0.2, -0.15) is 0 Å². The van der Waals surface area contributed by atoms with Gasteiger partial charge in [-0.15, -0.1) is 0 Å². The minimum absolute atomic E-state index is 0.200. The number of fused-ring (bicyclic) bond motifs is 1. The second kappa shape index (κ2) is 4.80. The molecule has 1 fully saturated rings. The number of rotatable bonds is 1. The number of ketones is 2. The second-order valence-electron chi connectivity index (χ2n) is 4.67. The molecule has 0 unspecified atom stereocenters. The zero-order chi connectivity index (χ0) is 21.2. The number of aromatic nitrogens is 2. The number of hydrogen-bond donors (Lipinski definition) is 1. The topological polar surface area (TPSA) is 95.0 Å². The van der Waals surface area contributed by atoms with Crippen LogP contribution in [0.25, 0.3) is 10.9 Å². The first kappa shape index (κ1) is 7.49. The normalized spacial score (nSPS) is 28.1. The summed E-state index contributed by atoms with van der Waals surface area (Å²) in [5.41, 5.74) is 3.60. The Morgan fingerprint density at radius 2 is 2.29 bits per heavy atom. The molecular weight excluding hydrogens is 270 g/mol. The standard InChI is InChI=1S/C15H15N3O3/c1-8-17-11-4-2-3-10(16)14(11)15(21)18(8)12-6-5-9(19)7-13(12)20/h2-4,12H,5-7,16H2,1H3/t12-/m0/s1/i1D3,2D,3D,4D,12D. The SMILES string of the molecule is [2H]c1c([2H])c(N)c2c(=O)n([C@@]3([2H])CCC(=O)CC3=O)c(C([2H])([2H])[2H])nc2c1[2H]. The number of benzene rings is 1. The first-order valence-electron chi connectivity index (χ1n) is 9.68. The van der Waals surface area contributed by atoms with Crippen molar-refractivity contribution in [2.75, 3.05) is 5.73 Å². The number of nitrogen functional groups attached to an aromatic ring is 1. The Kier molecular flexibility index (Phi) is 1.71. The highest BCUT2D eigenvalue weighted by Gasteiger charge is 2.30. The predicted molar refractivity (Wildman–Crippen MR) is 78.1 cm³/mol. The van der Waals surface area contributed by atoms with Crippen LogP contribution in [0.1, 0.15) is 40.7 Å². The van der Waals surface area contributed by atoms with Gasteiger partial charge in [-0.25, -0.2) is 4.98 Å². The maximum Gasteiger partial charge on any atom is 0.264 e. The predicted octanol–water partition coefficient (Wildman–Crippen LogP) is 1.15. The molecule has 2 aromatic rings. The van der Waals surface area contributed by atoms with E-state index in [1.807, 2.05) is 0 Å². The molecule has 0 spiro atoms. The van der Waals surface area contributed by atoms with Crippen molar-refractivity contribution in [1.82, 2.24) is 9.55 Å². The Morgan fingerprint density at radius 3 is 3.00 bits per heavy atom. The molecule has 1 aromatic heterocycles. The van der Waals surface area contributed by atoms with Gasteiger partial charge in [0, 0.05) is 16.2 Å². The molecule has 1 aliphatic carbocycles. The molecule has 0 saturated heterocycles. The van der Waals surface area contributed by atoms with Crippen LogP contribution in [0.2, 0.25) is 0 Å². The van der Waals surface area contributed by atoms with E-state index in [1.165, 1.54) is 0 Å². The molecule has 1 aromatic carbocycles. The number of Topliss-reactive ketones (excluding diaryl/α,β-unsaturated/α-hetero) is 2. The van der Waals surface area contributed by atoms with Crippen LogP contribution < -0.4 is 11.3 Å². The number of carbonyl (C=O) groups is 2. The second-order valence-corrected chi connectivity index (χ2v) is 4.67. The Labute approximate surface area is 130 Å². The summed E-state index contributed by atoms with van der Waals surface area (Å²) in [6, 6.07) is -4.29. The molecule has 21 heavy (non-hydrogen) atoms. The lowest BCUT2D eigenvalue weighted by molar-refractivity contribution is -0.132. The van der Waals surface area contributed by atoms with E-state index in [9.17, 15) is 14.4 Å². The van der Waals surface area contributed by atoms with Gasteiger partial charge in [0.05, 0.1) is 28.8 Å². The minimum Gasteiger partial charge on any atom is -0.398 e. The number of anilines is 1. The van der Waals surface area contributed by atoms with Crippen molar-refractivity contribution in [2.24, 2.45) is 0 Å². The zero-order valence-corrected chi connectivity index (χ0v) is 10.8. The van der Waals surface area contributed by atoms with Gasteiger partial charge in [-0.1, -0.05) is 6.04 Å². The molecule has 3 rings (SSSR count). The van der Waals surface area contributed by atoms with Crippen LogP contribution in [0.5, 0.6) is 0 Å². The van der Waals surface area contributed by atoms with E-state index in [0.29, 0.717) is 4.57 Å². The van der Waals surface area contributed by atoms with E-state index in [-0.39, 0.29) is 6.42 Å². The quantitative estimate of drug-likeness (QED) is 0.628. The zero-order valence-electron chi connectivity index (χ0n) is 17.8. The van der Waals surface area contributed by atoms with E-state index in [2.05, 4.69) is 4.98 Å². The van der Waals surface area contributed by atoms with Crippen molar-refractivity contribution < 1.29 is 19.2 Å². The van der Waals surface area contributed by atoms with E-state index in [1.54, 1.807) is 0 Å². The Hall–Kier alpha value is -2.50. The van der Waals surface area contributed by atoms with Crippen LogP contribution in [-0.4, -0.2) is 21.1 Å². The van der Waals surface area contributed by atoms with Crippen LogP contribution in [0.3, 0.4) is 0 Å². The van der Waals surface area contributed by atoms with Crippen molar-refractivity contribution in [3.63, 3.8) is 0 Å². The maximum absolute atomic E-state index is 13.2. The smallest absolute Gasteiger partial charge is 0.264 e. The summed E-state index contributed by atoms with van der Waals surface area (Å²) in [6.07, 6.45) is -1.24. The first-order valence-corrected chi connectivity index (χ1v) is 6.18. The number of nitrogens with two attached hydrogens (primary N) is 1. The highest BCUT2D eigenvalue weighted by Crippen LogP contribution is 2.24. The summed E-state index contributed by atoms with van der Waals surface area (Å²) in [4.78, 5) is 41.0. The van der Waals surface area contributed by atoms with Gasteiger partial charge in [0.2, 0.25) is 0 Å². The summed E-state index contributed by atoms with van der Waals surface area (Å²) in [7, 11) is 0. The summed E-state index contributed by atoms with van der Waals surface area (Å²) in [5, 5.41) is -0.504. The highest BCUT2D eigenvalue weighted by molar-refractivity contribution is 6.03. The van der Waals surface area contributed by atoms with Crippen molar-refractivity contribution in [1.29, 1.82) is 0 Å². The van der Waals surface area contributed by atoms with E-state index in [4.69, 9.17) is 15.3 Å². The molecule has 1 atom stereocenters. The number of aryl methyl sites for hydroxylation is 1. The lowest BCUT2D eigenvalue weighted by Gasteiger charge is -2.24. The molecule has 1 aliphatic rings. The van der Waals surface area contributed by atoms with E-state index >= 15 is 0 Å². The molecule has 6 nitrogen and oxygen atoms in total. The third-order valence-corrected chi connectivity index (χ3v) is 3.32. The van der Waals surface area contributed by atoms with Gasteiger partial charge in [0.25, 0.3) is 5.56 Å². The lowest BCUT2D eigenvalue weighted by Crippen LogP contribution is -2.36. The van der Waals surface area contributed by atoms with Crippen molar-refractivity contribution in [3.05, 3.63) is 34.3 Å². The van der Waals surface area contributed by atoms with Crippen LogP contribution in [0, 0.1) is 6.85 Å². The summed E-state index contributed by atoms with van der Waals surface area (Å²) in [5.74, 6) is -2.29. The van der Waals surface area contributed by atoms with Crippen LogP contribution in [0.4, 0.5) is 5.69 Å². The van der Waals surface area contributed by atoms with Crippen LogP contribution >= 0.6 is 0 Å². The van der Waals surface area contributed by atoms with Crippen LogP contribution in [0.15, 0.2) is 22.9 Å². The minimum atomic E-state index is -3.04. The van der Waals surface area contributed by atoms with Crippen LogP contribution in [-0.2, 0) is 9.59 Å². The summed E-state index contributed by atoms with van der Waals surface area (Å²) < 4.78 is 55.4. The Bertz CT molecular complexity index is 1110. The third-order valence-electron chi connectivity index (χ3n) is 3.32. The van der Waals surface area contributed by atoms with Gasteiger partial charge in [0.1, 0.15) is 11.6 Å². The monoisotopic (exact) mass is 292 g/mol. The van der Waals surface area contributed by atoms with Gasteiger partial charge in [-0.3, -0.25) is 19.0 Å². The fraction of sp³-hybridized carbons (Fsp3) is 0.333. The maximum atomic E-state index is 13.2. The summed E-state index contributed by atoms with van der Waals surface area (Å²) in [6.45, 7) is -3.04. The summed E-state index contributed by atoms with van der Waals surface area (Å²) >= 11 is 0. The Balaban J connectivity index is 2.53. The van der Waals surface area contributed by atoms with Gasteiger partial charge in [-0.05, 0) is 25.4 Å². The van der Waals surface area contributed by atoms with Crippen molar-refractivity contribution in [3.8, 4) is 0 Å². The average Bonchev–Trinajstić information content (AvgIpc) is 2.60. The molecule has 0 amide bonds. The average molecular weight is 292 g/mol. The third kappa shape index (κ3) is 2.12. The van der Waals surface area contributed by atoms with E-state index < -0.39 is 83.4 Å². The highest BCUT2D eigenvalue weighted by atomic mass is 16.2. The van der Waals surface area contributed by atoms with Gasteiger partial charge < -0.3 is 5.73 Å². The molecule has 6 heteroatoms. The lowest BCUT2D eigenvalue weighted by atomic mass is 9.92. The Morgan fingerprint density at radius 1 is 1.48 bits per heavy atom. The van der Waals surface area contributed by atoms with Gasteiger partial charge in [0.15, 0.2) is 5.78 Å². The first-order chi connectivity index (χ1) is 12.8. The molecule has 0 aliphatic heterocycles. The fourth-order valence-corrected chi connectivity index (χ4v) is 2.33. The largest absolute Gasteiger partial charge is 0.398 e. The molecule has 0 bridgehead atoms. The molecule has 2 N–H and O–H groups in total. The fourth-order valence-electron chi connectivity index (χ4n) is 2.33. The number of hydrogen-bond acceptors (Lipinski definition) is 5. The molecule has 108 valence electrons.